The topological polar surface area (TPSA) is 54.5 Å². The molecule has 0 spiro atoms. The second kappa shape index (κ2) is 4.00. The van der Waals surface area contributed by atoms with E-state index in [1.807, 2.05) is 4.90 Å². The predicted molar refractivity (Wildman–Crippen MR) is 45.8 cm³/mol. The molecule has 1 rings (SSSR count). The van der Waals surface area contributed by atoms with Crippen molar-refractivity contribution in [1.82, 2.24) is 4.90 Å². The standard InChI is InChI=1S/C7H13NO3S/c9-5-1-2-8-3-6-12(10,11)7-4-8/h5H,1-4,6-7H2. The maximum Gasteiger partial charge on any atom is 0.152 e. The van der Waals surface area contributed by atoms with Gasteiger partial charge in [0.15, 0.2) is 9.84 Å². The van der Waals surface area contributed by atoms with Crippen LogP contribution in [0.25, 0.3) is 0 Å². The maximum atomic E-state index is 11.0. The zero-order valence-corrected chi connectivity index (χ0v) is 7.72. The van der Waals surface area contributed by atoms with Crippen LogP contribution in [0.1, 0.15) is 6.42 Å². The second-order valence-electron chi connectivity index (χ2n) is 2.95. The lowest BCUT2D eigenvalue weighted by atomic mass is 10.4. The summed E-state index contributed by atoms with van der Waals surface area (Å²) < 4.78 is 21.9. The average Bonchev–Trinajstić information content (AvgIpc) is 2.03. The fourth-order valence-corrected chi connectivity index (χ4v) is 2.49. The molecule has 0 radical (unpaired) electrons. The summed E-state index contributed by atoms with van der Waals surface area (Å²) in [7, 11) is -2.77. The van der Waals surface area contributed by atoms with E-state index < -0.39 is 9.84 Å². The van der Waals surface area contributed by atoms with E-state index in [4.69, 9.17) is 0 Å². The Hall–Kier alpha value is -0.420. The lowest BCUT2D eigenvalue weighted by molar-refractivity contribution is -0.108. The van der Waals surface area contributed by atoms with E-state index in [9.17, 15) is 13.2 Å². The highest BCUT2D eigenvalue weighted by Gasteiger charge is 2.20. The molecule has 70 valence electrons. The maximum absolute atomic E-state index is 11.0. The first kappa shape index (κ1) is 9.67. The van der Waals surface area contributed by atoms with E-state index in [-0.39, 0.29) is 11.5 Å². The minimum atomic E-state index is -2.77. The third-order valence-electron chi connectivity index (χ3n) is 2.00. The molecule has 1 heterocycles. The SMILES string of the molecule is O=CCCN1CCS(=O)(=O)CC1. The van der Waals surface area contributed by atoms with Gasteiger partial charge in [0.25, 0.3) is 0 Å². The molecule has 0 aromatic rings. The molecule has 1 saturated heterocycles. The monoisotopic (exact) mass is 191 g/mol. The number of sulfone groups is 1. The third-order valence-corrected chi connectivity index (χ3v) is 3.61. The number of hydrogen-bond donors (Lipinski definition) is 0. The molecule has 0 amide bonds. The lowest BCUT2D eigenvalue weighted by Crippen LogP contribution is -2.40. The molecule has 0 atom stereocenters. The van der Waals surface area contributed by atoms with Gasteiger partial charge in [-0.3, -0.25) is 0 Å². The fourth-order valence-electron chi connectivity index (χ4n) is 1.21. The van der Waals surface area contributed by atoms with Gasteiger partial charge in [0.1, 0.15) is 6.29 Å². The van der Waals surface area contributed by atoms with Crippen molar-refractivity contribution in [2.45, 2.75) is 6.42 Å². The van der Waals surface area contributed by atoms with Gasteiger partial charge in [0, 0.05) is 26.1 Å². The molecular weight excluding hydrogens is 178 g/mol. The molecule has 0 aromatic heterocycles. The van der Waals surface area contributed by atoms with Crippen LogP contribution in [0.2, 0.25) is 0 Å². The van der Waals surface area contributed by atoms with E-state index in [1.54, 1.807) is 0 Å². The number of nitrogens with zero attached hydrogens (tertiary/aromatic N) is 1. The number of hydrogen-bond acceptors (Lipinski definition) is 4. The van der Waals surface area contributed by atoms with Gasteiger partial charge in [-0.25, -0.2) is 8.42 Å². The van der Waals surface area contributed by atoms with Crippen LogP contribution < -0.4 is 0 Å². The molecule has 12 heavy (non-hydrogen) atoms. The molecule has 0 saturated carbocycles. The Kier molecular flexibility index (Phi) is 3.22. The number of carbonyl (C=O) groups is 1. The van der Waals surface area contributed by atoms with E-state index in [1.165, 1.54) is 0 Å². The van der Waals surface area contributed by atoms with Crippen LogP contribution in [0.15, 0.2) is 0 Å². The highest BCUT2D eigenvalue weighted by atomic mass is 32.2. The molecule has 0 N–H and O–H groups in total. The number of aldehydes is 1. The van der Waals surface area contributed by atoms with E-state index >= 15 is 0 Å². The van der Waals surface area contributed by atoms with Crippen LogP contribution in [0.4, 0.5) is 0 Å². The molecule has 0 aliphatic carbocycles. The summed E-state index contributed by atoms with van der Waals surface area (Å²) in [5.41, 5.74) is 0. The highest BCUT2D eigenvalue weighted by molar-refractivity contribution is 7.91. The summed E-state index contributed by atoms with van der Waals surface area (Å²) in [5, 5.41) is 0. The predicted octanol–water partition coefficient (Wildman–Crippen LogP) is -0.694. The van der Waals surface area contributed by atoms with Crippen molar-refractivity contribution in [1.29, 1.82) is 0 Å². The molecule has 0 bridgehead atoms. The van der Waals surface area contributed by atoms with Crippen LogP contribution in [0.5, 0.6) is 0 Å². The van der Waals surface area contributed by atoms with E-state index in [0.717, 1.165) is 6.29 Å². The van der Waals surface area contributed by atoms with Gasteiger partial charge in [0.2, 0.25) is 0 Å². The first-order chi connectivity index (χ1) is 5.64. The molecular formula is C7H13NO3S. The zero-order chi connectivity index (χ0) is 9.03. The molecule has 1 aliphatic rings. The van der Waals surface area contributed by atoms with Crippen LogP contribution in [0.3, 0.4) is 0 Å². The lowest BCUT2D eigenvalue weighted by Gasteiger charge is -2.25. The summed E-state index contributed by atoms with van der Waals surface area (Å²) in [4.78, 5) is 12.0. The Morgan fingerprint density at radius 2 is 1.83 bits per heavy atom. The van der Waals surface area contributed by atoms with Crippen LogP contribution >= 0.6 is 0 Å². The Bertz CT molecular complexity index is 233. The quantitative estimate of drug-likeness (QED) is 0.554. The van der Waals surface area contributed by atoms with E-state index in [2.05, 4.69) is 0 Å². The average molecular weight is 191 g/mol. The van der Waals surface area contributed by atoms with Crippen molar-refractivity contribution in [2.75, 3.05) is 31.1 Å². The third kappa shape index (κ3) is 2.91. The van der Waals surface area contributed by atoms with Crippen LogP contribution in [0, 0.1) is 0 Å². The zero-order valence-electron chi connectivity index (χ0n) is 6.90. The van der Waals surface area contributed by atoms with Crippen molar-refractivity contribution in [3.8, 4) is 0 Å². The van der Waals surface area contributed by atoms with Gasteiger partial charge in [-0.1, -0.05) is 0 Å². The molecule has 1 fully saturated rings. The Labute approximate surface area is 72.5 Å². The van der Waals surface area contributed by atoms with Crippen molar-refractivity contribution in [3.05, 3.63) is 0 Å². The normalized spacial score (nSPS) is 23.7. The summed E-state index contributed by atoms with van der Waals surface area (Å²) in [6.45, 7) is 1.85. The molecule has 0 aromatic carbocycles. The first-order valence-electron chi connectivity index (χ1n) is 4.00. The van der Waals surface area contributed by atoms with Crippen molar-refractivity contribution in [2.24, 2.45) is 0 Å². The summed E-state index contributed by atoms with van der Waals surface area (Å²) in [5.74, 6) is 0.484. The number of carbonyl (C=O) groups excluding carboxylic acids is 1. The summed E-state index contributed by atoms with van der Waals surface area (Å²) in [6.07, 6.45) is 1.36. The summed E-state index contributed by atoms with van der Waals surface area (Å²) >= 11 is 0. The summed E-state index contributed by atoms with van der Waals surface area (Å²) in [6, 6.07) is 0. The number of rotatable bonds is 3. The van der Waals surface area contributed by atoms with Gasteiger partial charge in [-0.2, -0.15) is 0 Å². The van der Waals surface area contributed by atoms with Crippen LogP contribution in [-0.2, 0) is 14.6 Å². The molecule has 1 aliphatic heterocycles. The Morgan fingerprint density at radius 1 is 1.25 bits per heavy atom. The molecule has 0 unspecified atom stereocenters. The van der Waals surface area contributed by atoms with Crippen molar-refractivity contribution in [3.63, 3.8) is 0 Å². The van der Waals surface area contributed by atoms with Crippen molar-refractivity contribution >= 4 is 16.1 Å². The Morgan fingerprint density at radius 3 is 2.33 bits per heavy atom. The smallest absolute Gasteiger partial charge is 0.152 e. The minimum absolute atomic E-state index is 0.242. The van der Waals surface area contributed by atoms with Gasteiger partial charge >= 0.3 is 0 Å². The van der Waals surface area contributed by atoms with Gasteiger partial charge in [-0.05, 0) is 0 Å². The van der Waals surface area contributed by atoms with Gasteiger partial charge < -0.3 is 9.69 Å². The highest BCUT2D eigenvalue weighted by Crippen LogP contribution is 2.03. The Balaban J connectivity index is 2.31. The minimum Gasteiger partial charge on any atom is -0.303 e. The first-order valence-corrected chi connectivity index (χ1v) is 5.82. The molecule has 5 heteroatoms. The van der Waals surface area contributed by atoms with Gasteiger partial charge in [0.05, 0.1) is 11.5 Å². The largest absolute Gasteiger partial charge is 0.303 e. The molecule has 4 nitrogen and oxygen atoms in total. The fraction of sp³-hybridized carbons (Fsp3) is 0.857. The van der Waals surface area contributed by atoms with Gasteiger partial charge in [-0.15, -0.1) is 0 Å². The van der Waals surface area contributed by atoms with E-state index in [0.29, 0.717) is 26.1 Å². The van der Waals surface area contributed by atoms with Crippen molar-refractivity contribution < 1.29 is 13.2 Å². The van der Waals surface area contributed by atoms with Crippen LogP contribution in [-0.4, -0.2) is 50.7 Å². The second-order valence-corrected chi connectivity index (χ2v) is 5.25.